The van der Waals surface area contributed by atoms with Crippen LogP contribution in [0.25, 0.3) is 0 Å². The van der Waals surface area contributed by atoms with Gasteiger partial charge < -0.3 is 10.1 Å². The highest BCUT2D eigenvalue weighted by atomic mass is 16.5. The smallest absolute Gasteiger partial charge is 0.408 e. The zero-order valence-corrected chi connectivity index (χ0v) is 13.8. The van der Waals surface area contributed by atoms with E-state index in [9.17, 15) is 9.59 Å². The summed E-state index contributed by atoms with van der Waals surface area (Å²) in [6, 6.07) is 17.9. The Kier molecular flexibility index (Phi) is 7.06. The second kappa shape index (κ2) is 9.77. The van der Waals surface area contributed by atoms with Crippen molar-refractivity contribution >= 4 is 17.7 Å². The molecule has 0 aliphatic carbocycles. The molecule has 0 heterocycles. The van der Waals surface area contributed by atoms with Crippen molar-refractivity contribution in [2.75, 3.05) is 12.0 Å². The molecule has 0 spiro atoms. The molecule has 6 nitrogen and oxygen atoms in total. The Balaban J connectivity index is 1.99. The van der Waals surface area contributed by atoms with Gasteiger partial charge in [-0.3, -0.25) is 15.6 Å². The minimum absolute atomic E-state index is 0.0772. The minimum Gasteiger partial charge on any atom is -0.445 e. The fourth-order valence-electron chi connectivity index (χ4n) is 2.12. The summed E-state index contributed by atoms with van der Waals surface area (Å²) in [6.45, 7) is 3.56. The van der Waals surface area contributed by atoms with Crippen LogP contribution in [0.3, 0.4) is 0 Å². The molecule has 0 saturated heterocycles. The number of benzene rings is 2. The molecule has 2 aromatic rings. The Hall–Kier alpha value is -3.28. The van der Waals surface area contributed by atoms with Crippen molar-refractivity contribution in [2.45, 2.75) is 12.5 Å². The number of carbonyl (C=O) groups excluding carboxylic acids is 2. The molecule has 1 unspecified atom stereocenters. The molecule has 0 bridgehead atoms. The van der Waals surface area contributed by atoms with Crippen LogP contribution >= 0.6 is 0 Å². The number of nitrogens with one attached hydrogen (secondary N) is 3. The van der Waals surface area contributed by atoms with Gasteiger partial charge in [0.2, 0.25) is 0 Å². The molecule has 0 aromatic heterocycles. The number of ether oxygens (including phenoxy) is 1. The fraction of sp³-hybridized carbons (Fsp3) is 0.158. The van der Waals surface area contributed by atoms with Crippen LogP contribution in [0.15, 0.2) is 73.3 Å². The number of rotatable bonds is 8. The van der Waals surface area contributed by atoms with Crippen molar-refractivity contribution in [2.24, 2.45) is 0 Å². The Morgan fingerprint density at radius 3 is 2.32 bits per heavy atom. The second-order valence-corrected chi connectivity index (χ2v) is 5.25. The highest BCUT2D eigenvalue weighted by molar-refractivity contribution is 5.86. The summed E-state index contributed by atoms with van der Waals surface area (Å²) < 4.78 is 4.90. The summed E-state index contributed by atoms with van der Waals surface area (Å²) in [4.78, 5) is 24.3. The van der Waals surface area contributed by atoms with Crippen molar-refractivity contribution in [3.63, 3.8) is 0 Å². The number of carbonyl (C=O) groups is 2. The van der Waals surface area contributed by atoms with Gasteiger partial charge in [0.1, 0.15) is 12.6 Å². The Morgan fingerprint density at radius 2 is 1.68 bits per heavy atom. The van der Waals surface area contributed by atoms with Crippen LogP contribution in [-0.4, -0.2) is 24.6 Å². The quantitative estimate of drug-likeness (QED) is 0.510. The molecule has 0 aliphatic heterocycles. The molecule has 2 aromatic carbocycles. The lowest BCUT2D eigenvalue weighted by Crippen LogP contribution is -2.49. The number of alkyl carbamates (subject to hydrolysis) is 1. The molecule has 2 amide bonds. The van der Waals surface area contributed by atoms with Gasteiger partial charge in [-0.2, -0.15) is 0 Å². The number of para-hydroxylation sites is 1. The summed E-state index contributed by atoms with van der Waals surface area (Å²) in [5, 5.41) is 2.58. The van der Waals surface area contributed by atoms with E-state index in [0.717, 1.165) is 11.3 Å². The standard InChI is InChI=1S/C19H21N3O3/c1-2-13-25-19(24)20-17(14-15-9-5-3-6-10-15)18(23)22-21-16-11-7-4-8-12-16/h2-12,17,21H,1,13-14H2,(H,20,24)(H,22,23). The first-order valence-electron chi connectivity index (χ1n) is 7.88. The lowest BCUT2D eigenvalue weighted by molar-refractivity contribution is -0.122. The maximum Gasteiger partial charge on any atom is 0.408 e. The van der Waals surface area contributed by atoms with Crippen molar-refractivity contribution in [1.82, 2.24) is 10.7 Å². The first-order valence-corrected chi connectivity index (χ1v) is 7.88. The largest absolute Gasteiger partial charge is 0.445 e. The highest BCUT2D eigenvalue weighted by Gasteiger charge is 2.21. The van der Waals surface area contributed by atoms with Gasteiger partial charge >= 0.3 is 6.09 Å². The summed E-state index contributed by atoms with van der Waals surface area (Å²) in [5.74, 6) is -0.372. The lowest BCUT2D eigenvalue weighted by Gasteiger charge is -2.19. The summed E-state index contributed by atoms with van der Waals surface area (Å²) >= 11 is 0. The molecule has 130 valence electrons. The van der Waals surface area contributed by atoms with Crippen molar-refractivity contribution in [3.05, 3.63) is 78.9 Å². The van der Waals surface area contributed by atoms with Gasteiger partial charge in [0.15, 0.2) is 0 Å². The van der Waals surface area contributed by atoms with E-state index in [1.165, 1.54) is 6.08 Å². The summed E-state index contributed by atoms with van der Waals surface area (Å²) in [7, 11) is 0. The molecule has 6 heteroatoms. The van der Waals surface area contributed by atoms with Gasteiger partial charge in [-0.15, -0.1) is 0 Å². The maximum atomic E-state index is 12.5. The molecule has 0 radical (unpaired) electrons. The monoisotopic (exact) mass is 339 g/mol. The van der Waals surface area contributed by atoms with E-state index < -0.39 is 12.1 Å². The van der Waals surface area contributed by atoms with Crippen molar-refractivity contribution in [3.8, 4) is 0 Å². The number of hydrazine groups is 1. The van der Waals surface area contributed by atoms with Crippen LogP contribution in [-0.2, 0) is 16.0 Å². The van der Waals surface area contributed by atoms with Crippen LogP contribution in [0.2, 0.25) is 0 Å². The van der Waals surface area contributed by atoms with Gasteiger partial charge in [-0.05, 0) is 17.7 Å². The van der Waals surface area contributed by atoms with Gasteiger partial charge in [0.25, 0.3) is 5.91 Å². The van der Waals surface area contributed by atoms with Gasteiger partial charge in [-0.1, -0.05) is 61.2 Å². The van der Waals surface area contributed by atoms with Crippen LogP contribution in [0.1, 0.15) is 5.56 Å². The number of amides is 2. The van der Waals surface area contributed by atoms with Crippen molar-refractivity contribution < 1.29 is 14.3 Å². The summed E-state index contributed by atoms with van der Waals surface area (Å²) in [6.07, 6.45) is 1.13. The topological polar surface area (TPSA) is 79.5 Å². The molecular weight excluding hydrogens is 318 g/mol. The lowest BCUT2D eigenvalue weighted by atomic mass is 10.1. The molecule has 0 fully saturated rings. The van der Waals surface area contributed by atoms with Gasteiger partial charge in [0.05, 0.1) is 5.69 Å². The van der Waals surface area contributed by atoms with Gasteiger partial charge in [0, 0.05) is 6.42 Å². The molecule has 2 rings (SSSR count). The van der Waals surface area contributed by atoms with E-state index in [1.807, 2.05) is 60.7 Å². The van der Waals surface area contributed by atoms with E-state index in [0.29, 0.717) is 6.42 Å². The predicted octanol–water partition coefficient (Wildman–Crippen LogP) is 2.65. The zero-order valence-electron chi connectivity index (χ0n) is 13.8. The number of hydrogen-bond donors (Lipinski definition) is 3. The van der Waals surface area contributed by atoms with Crippen LogP contribution in [0.5, 0.6) is 0 Å². The Bertz CT molecular complexity index is 690. The average molecular weight is 339 g/mol. The normalized spacial score (nSPS) is 11.0. The fourth-order valence-corrected chi connectivity index (χ4v) is 2.12. The zero-order chi connectivity index (χ0) is 17.9. The average Bonchev–Trinajstić information content (AvgIpc) is 2.65. The van der Waals surface area contributed by atoms with Crippen molar-refractivity contribution in [1.29, 1.82) is 0 Å². The number of anilines is 1. The van der Waals surface area contributed by atoms with Crippen LogP contribution in [0, 0.1) is 0 Å². The minimum atomic E-state index is -0.782. The summed E-state index contributed by atoms with van der Waals surface area (Å²) in [5.41, 5.74) is 7.08. The van der Waals surface area contributed by atoms with Gasteiger partial charge in [-0.25, -0.2) is 4.79 Å². The SMILES string of the molecule is C=CCOC(=O)NC(Cc1ccccc1)C(=O)NNc1ccccc1. The van der Waals surface area contributed by atoms with Crippen LogP contribution < -0.4 is 16.2 Å². The van der Waals surface area contributed by atoms with Crippen LogP contribution in [0.4, 0.5) is 10.5 Å². The Morgan fingerprint density at radius 1 is 1.04 bits per heavy atom. The van der Waals surface area contributed by atoms with E-state index in [2.05, 4.69) is 22.7 Å². The third-order valence-electron chi connectivity index (χ3n) is 3.33. The molecule has 0 aliphatic rings. The van der Waals surface area contributed by atoms with E-state index in [1.54, 1.807) is 0 Å². The molecule has 0 saturated carbocycles. The number of hydrogen-bond acceptors (Lipinski definition) is 4. The Labute approximate surface area is 146 Å². The van der Waals surface area contributed by atoms with E-state index >= 15 is 0 Å². The van der Waals surface area contributed by atoms with E-state index in [-0.39, 0.29) is 12.5 Å². The molecular formula is C19H21N3O3. The third kappa shape index (κ3) is 6.39. The predicted molar refractivity (Wildman–Crippen MR) is 96.8 cm³/mol. The first-order chi connectivity index (χ1) is 12.2. The molecule has 3 N–H and O–H groups in total. The molecule has 1 atom stereocenters. The van der Waals surface area contributed by atoms with E-state index in [4.69, 9.17) is 4.74 Å². The highest BCUT2D eigenvalue weighted by Crippen LogP contribution is 2.06. The second-order valence-electron chi connectivity index (χ2n) is 5.25. The maximum absolute atomic E-state index is 12.5. The molecule has 25 heavy (non-hydrogen) atoms. The third-order valence-corrected chi connectivity index (χ3v) is 3.33. The first kappa shape index (κ1) is 18.1.